The fourth-order valence-corrected chi connectivity index (χ4v) is 3.06. The van der Waals surface area contributed by atoms with Crippen LogP contribution in [0.2, 0.25) is 5.02 Å². The average molecular weight is 405 g/mol. The number of carbonyl (C=O) groups excluding carboxylic acids is 2. The highest BCUT2D eigenvalue weighted by Crippen LogP contribution is 2.32. The molecule has 27 heavy (non-hydrogen) atoms. The highest BCUT2D eigenvalue weighted by molar-refractivity contribution is 6.54. The summed E-state index contributed by atoms with van der Waals surface area (Å²) in [5.74, 6) is -0.460. The predicted octanol–water partition coefficient (Wildman–Crippen LogP) is 4.46. The zero-order chi connectivity index (χ0) is 19.4. The van der Waals surface area contributed by atoms with Crippen molar-refractivity contribution in [1.29, 1.82) is 0 Å². The Balaban J connectivity index is 1.88. The van der Waals surface area contributed by atoms with E-state index in [-0.39, 0.29) is 18.0 Å². The smallest absolute Gasteiger partial charge is 0.317 e. The van der Waals surface area contributed by atoms with E-state index in [1.54, 1.807) is 17.0 Å². The molecule has 2 aromatic rings. The zero-order valence-electron chi connectivity index (χ0n) is 14.7. The number of fused-ring (bicyclic) bond motifs is 1. The van der Waals surface area contributed by atoms with Crippen LogP contribution in [0.3, 0.4) is 0 Å². The monoisotopic (exact) mass is 404 g/mol. The SMILES string of the molecule is Cc1ccc2c(c1)C(=NOC(=O)CCCCl)C(=O)N2Cc1ccc(Cl)cc1. The van der Waals surface area contributed by atoms with Gasteiger partial charge in [-0.25, -0.2) is 4.79 Å². The van der Waals surface area contributed by atoms with Gasteiger partial charge < -0.3 is 9.74 Å². The Morgan fingerprint density at radius 1 is 1.19 bits per heavy atom. The number of amides is 1. The second-order valence-electron chi connectivity index (χ2n) is 6.23. The molecule has 1 aliphatic rings. The first-order chi connectivity index (χ1) is 13.0. The van der Waals surface area contributed by atoms with E-state index >= 15 is 0 Å². The van der Waals surface area contributed by atoms with E-state index in [1.807, 2.05) is 37.3 Å². The van der Waals surface area contributed by atoms with Gasteiger partial charge in [-0.3, -0.25) is 4.79 Å². The van der Waals surface area contributed by atoms with Gasteiger partial charge in [0.25, 0.3) is 5.91 Å². The largest absolute Gasteiger partial charge is 0.335 e. The topological polar surface area (TPSA) is 59.0 Å². The second kappa shape index (κ2) is 8.55. The molecule has 0 radical (unpaired) electrons. The number of rotatable bonds is 6. The van der Waals surface area contributed by atoms with Gasteiger partial charge in [-0.05, 0) is 43.2 Å². The average Bonchev–Trinajstić information content (AvgIpc) is 2.91. The van der Waals surface area contributed by atoms with Crippen LogP contribution >= 0.6 is 23.2 Å². The van der Waals surface area contributed by atoms with E-state index in [1.165, 1.54) is 0 Å². The van der Waals surface area contributed by atoms with Crippen LogP contribution in [0.5, 0.6) is 0 Å². The summed E-state index contributed by atoms with van der Waals surface area (Å²) in [5, 5.41) is 4.49. The summed E-state index contributed by atoms with van der Waals surface area (Å²) in [6.07, 6.45) is 0.654. The maximum absolute atomic E-state index is 12.9. The lowest BCUT2D eigenvalue weighted by Gasteiger charge is -2.17. The fraction of sp³-hybridized carbons (Fsp3) is 0.250. The van der Waals surface area contributed by atoms with Crippen LogP contribution in [-0.4, -0.2) is 23.5 Å². The van der Waals surface area contributed by atoms with Gasteiger partial charge in [0, 0.05) is 22.9 Å². The summed E-state index contributed by atoms with van der Waals surface area (Å²) in [5.41, 5.74) is 3.42. The van der Waals surface area contributed by atoms with E-state index in [9.17, 15) is 9.59 Å². The maximum atomic E-state index is 12.9. The van der Waals surface area contributed by atoms with Crippen LogP contribution in [0.15, 0.2) is 47.6 Å². The van der Waals surface area contributed by atoms with Crippen LogP contribution in [0, 0.1) is 6.92 Å². The molecule has 0 spiro atoms. The molecule has 0 saturated carbocycles. The van der Waals surface area contributed by atoms with E-state index < -0.39 is 5.97 Å². The van der Waals surface area contributed by atoms with Crippen LogP contribution in [0.25, 0.3) is 0 Å². The van der Waals surface area contributed by atoms with Gasteiger partial charge in [-0.15, -0.1) is 11.6 Å². The summed E-state index contributed by atoms with van der Waals surface area (Å²) in [4.78, 5) is 31.2. The summed E-state index contributed by atoms with van der Waals surface area (Å²) in [6, 6.07) is 12.9. The van der Waals surface area contributed by atoms with E-state index in [2.05, 4.69) is 5.16 Å². The molecule has 1 amide bonds. The lowest BCUT2D eigenvalue weighted by molar-refractivity contribution is -0.143. The molecular formula is C20H18Cl2N2O3. The number of carbonyl (C=O) groups is 2. The summed E-state index contributed by atoms with van der Waals surface area (Å²) in [6.45, 7) is 2.29. The molecule has 0 unspecified atom stereocenters. The lowest BCUT2D eigenvalue weighted by atomic mass is 10.1. The van der Waals surface area contributed by atoms with Crippen molar-refractivity contribution in [2.75, 3.05) is 10.8 Å². The molecule has 0 fully saturated rings. The summed E-state index contributed by atoms with van der Waals surface area (Å²) < 4.78 is 0. The van der Waals surface area contributed by atoms with Crippen LogP contribution < -0.4 is 4.90 Å². The van der Waals surface area contributed by atoms with Gasteiger partial charge in [0.15, 0.2) is 5.71 Å². The highest BCUT2D eigenvalue weighted by atomic mass is 35.5. The number of benzene rings is 2. The summed E-state index contributed by atoms with van der Waals surface area (Å²) in [7, 11) is 0. The van der Waals surface area contributed by atoms with Gasteiger partial charge in [-0.1, -0.05) is 40.5 Å². The van der Waals surface area contributed by atoms with E-state index in [4.69, 9.17) is 28.0 Å². The van der Waals surface area contributed by atoms with Gasteiger partial charge in [0.05, 0.1) is 12.2 Å². The number of hydrogen-bond donors (Lipinski definition) is 0. The third-order valence-corrected chi connectivity index (χ3v) is 4.67. The molecule has 0 atom stereocenters. The van der Waals surface area contributed by atoms with Crippen LogP contribution in [-0.2, 0) is 21.0 Å². The minimum atomic E-state index is -0.513. The molecule has 0 bridgehead atoms. The Morgan fingerprint density at radius 3 is 2.63 bits per heavy atom. The maximum Gasteiger partial charge on any atom is 0.335 e. The molecule has 140 valence electrons. The minimum Gasteiger partial charge on any atom is -0.317 e. The van der Waals surface area contributed by atoms with Crippen molar-refractivity contribution in [3.8, 4) is 0 Å². The molecule has 0 aliphatic carbocycles. The quantitative estimate of drug-likeness (QED) is 0.405. The molecular weight excluding hydrogens is 387 g/mol. The van der Waals surface area contributed by atoms with Gasteiger partial charge in [-0.2, -0.15) is 0 Å². The summed E-state index contributed by atoms with van der Waals surface area (Å²) >= 11 is 11.5. The number of hydrogen-bond acceptors (Lipinski definition) is 4. The first kappa shape index (κ1) is 19.4. The highest BCUT2D eigenvalue weighted by Gasteiger charge is 2.35. The fourth-order valence-electron chi connectivity index (χ4n) is 2.80. The van der Waals surface area contributed by atoms with Crippen molar-refractivity contribution in [2.24, 2.45) is 5.16 Å². The van der Waals surface area contributed by atoms with Crippen molar-refractivity contribution < 1.29 is 14.4 Å². The third kappa shape index (κ3) is 4.49. The molecule has 0 N–H and O–H groups in total. The minimum absolute atomic E-state index is 0.127. The van der Waals surface area contributed by atoms with Crippen molar-refractivity contribution >= 4 is 46.5 Å². The standard InChI is InChI=1S/C20H18Cl2N2O3/c1-13-4-9-17-16(11-13)19(23-27-18(25)3-2-10-21)20(26)24(17)12-14-5-7-15(22)8-6-14/h4-9,11H,2-3,10,12H2,1H3. The van der Waals surface area contributed by atoms with Gasteiger partial charge >= 0.3 is 5.97 Å². The second-order valence-corrected chi connectivity index (χ2v) is 7.05. The number of alkyl halides is 1. The molecule has 1 aliphatic heterocycles. The Morgan fingerprint density at radius 2 is 1.93 bits per heavy atom. The molecule has 1 heterocycles. The van der Waals surface area contributed by atoms with Crippen molar-refractivity contribution in [3.05, 3.63) is 64.2 Å². The molecule has 5 nitrogen and oxygen atoms in total. The molecule has 0 saturated heterocycles. The molecule has 3 rings (SSSR count). The number of oxime groups is 1. The zero-order valence-corrected chi connectivity index (χ0v) is 16.3. The third-order valence-electron chi connectivity index (χ3n) is 4.15. The number of aryl methyl sites for hydroxylation is 1. The van der Waals surface area contributed by atoms with Crippen molar-refractivity contribution in [1.82, 2.24) is 0 Å². The first-order valence-electron chi connectivity index (χ1n) is 8.50. The Hall–Kier alpha value is -2.37. The van der Waals surface area contributed by atoms with E-state index in [0.29, 0.717) is 29.4 Å². The van der Waals surface area contributed by atoms with E-state index in [0.717, 1.165) is 16.8 Å². The van der Waals surface area contributed by atoms with Crippen molar-refractivity contribution in [2.45, 2.75) is 26.3 Å². The number of anilines is 1. The Bertz CT molecular complexity index is 895. The van der Waals surface area contributed by atoms with Crippen LogP contribution in [0.4, 0.5) is 5.69 Å². The Kier molecular flexibility index (Phi) is 6.14. The molecule has 2 aromatic carbocycles. The normalized spacial score (nSPS) is 14.6. The number of nitrogens with zero attached hydrogens (tertiary/aromatic N) is 2. The number of halogens is 2. The van der Waals surface area contributed by atoms with Gasteiger partial charge in [0.2, 0.25) is 0 Å². The lowest BCUT2D eigenvalue weighted by Crippen LogP contribution is -2.29. The molecule has 7 heteroatoms. The van der Waals surface area contributed by atoms with Crippen LogP contribution in [0.1, 0.15) is 29.5 Å². The molecule has 0 aromatic heterocycles. The van der Waals surface area contributed by atoms with Gasteiger partial charge in [0.1, 0.15) is 0 Å². The first-order valence-corrected chi connectivity index (χ1v) is 9.42. The van der Waals surface area contributed by atoms with Crippen molar-refractivity contribution in [3.63, 3.8) is 0 Å². The Labute approximate surface area is 167 Å². The predicted molar refractivity (Wildman–Crippen MR) is 106 cm³/mol.